The van der Waals surface area contributed by atoms with Gasteiger partial charge in [-0.1, -0.05) is 15.9 Å². The molecule has 6 heteroatoms. The second-order valence-electron chi connectivity index (χ2n) is 5.64. The van der Waals surface area contributed by atoms with Crippen molar-refractivity contribution in [1.29, 1.82) is 0 Å². The van der Waals surface area contributed by atoms with Crippen LogP contribution in [0.3, 0.4) is 0 Å². The van der Waals surface area contributed by atoms with Crippen LogP contribution in [-0.4, -0.2) is 41.6 Å². The van der Waals surface area contributed by atoms with Crippen LogP contribution in [0.15, 0.2) is 34.8 Å². The first-order valence-corrected chi connectivity index (χ1v) is 8.32. The van der Waals surface area contributed by atoms with Crippen molar-refractivity contribution < 1.29 is 4.79 Å². The first-order chi connectivity index (χ1) is 10.6. The van der Waals surface area contributed by atoms with Gasteiger partial charge in [0.1, 0.15) is 0 Å². The highest BCUT2D eigenvalue weighted by Crippen LogP contribution is 2.23. The van der Waals surface area contributed by atoms with Crippen LogP contribution in [0.25, 0.3) is 5.69 Å². The van der Waals surface area contributed by atoms with E-state index < -0.39 is 0 Å². The molecule has 0 unspecified atom stereocenters. The minimum atomic E-state index is 0. The molecule has 1 saturated heterocycles. The molecule has 1 aliphatic rings. The normalized spacial score (nSPS) is 14.5. The molecule has 0 aliphatic carbocycles. The standard InChI is InChI=1S/C17H20BrN3O.ClH/c1-12-11-16(17(22)20-9-7-19-8-10-20)13(2)21(12)15-5-3-14(18)4-6-15;/h3-6,11,19H,7-10H2,1-2H3;1H. The van der Waals surface area contributed by atoms with Gasteiger partial charge in [0.05, 0.1) is 5.56 Å². The number of carbonyl (C=O) groups excluding carboxylic acids is 1. The second kappa shape index (κ2) is 7.51. The van der Waals surface area contributed by atoms with E-state index in [0.29, 0.717) is 0 Å². The number of rotatable bonds is 2. The fraction of sp³-hybridized carbons (Fsp3) is 0.353. The van der Waals surface area contributed by atoms with E-state index in [1.165, 1.54) is 0 Å². The van der Waals surface area contributed by atoms with Crippen molar-refractivity contribution in [3.63, 3.8) is 0 Å². The number of halogens is 2. The van der Waals surface area contributed by atoms with Crippen molar-refractivity contribution in [1.82, 2.24) is 14.8 Å². The van der Waals surface area contributed by atoms with E-state index in [2.05, 4.69) is 37.9 Å². The maximum atomic E-state index is 12.7. The lowest BCUT2D eigenvalue weighted by atomic mass is 10.2. The largest absolute Gasteiger partial charge is 0.336 e. The number of piperazine rings is 1. The summed E-state index contributed by atoms with van der Waals surface area (Å²) in [4.78, 5) is 14.7. The SMILES string of the molecule is Cc1cc(C(=O)N2CCNCC2)c(C)n1-c1ccc(Br)cc1.Cl. The molecule has 124 valence electrons. The van der Waals surface area contributed by atoms with Crippen LogP contribution in [0.2, 0.25) is 0 Å². The highest BCUT2D eigenvalue weighted by molar-refractivity contribution is 9.10. The molecule has 0 radical (unpaired) electrons. The molecule has 3 rings (SSSR count). The summed E-state index contributed by atoms with van der Waals surface area (Å²) in [6, 6.07) is 10.2. The number of hydrogen-bond acceptors (Lipinski definition) is 2. The Hall–Kier alpha value is -1.30. The van der Waals surface area contributed by atoms with Gasteiger partial charge in [-0.25, -0.2) is 0 Å². The fourth-order valence-corrected chi connectivity index (χ4v) is 3.27. The number of aryl methyl sites for hydroxylation is 1. The molecule has 2 aromatic rings. The van der Waals surface area contributed by atoms with Gasteiger partial charge in [0.2, 0.25) is 0 Å². The lowest BCUT2D eigenvalue weighted by molar-refractivity contribution is 0.0735. The molecule has 1 aliphatic heterocycles. The zero-order valence-electron chi connectivity index (χ0n) is 13.3. The van der Waals surface area contributed by atoms with Crippen molar-refractivity contribution in [3.05, 3.63) is 51.8 Å². The number of nitrogens with one attached hydrogen (secondary N) is 1. The summed E-state index contributed by atoms with van der Waals surface area (Å²) in [5, 5.41) is 3.28. The van der Waals surface area contributed by atoms with Crippen LogP contribution >= 0.6 is 28.3 Å². The smallest absolute Gasteiger partial charge is 0.255 e. The Morgan fingerprint density at radius 1 is 1.13 bits per heavy atom. The molecule has 1 aromatic carbocycles. The second-order valence-corrected chi connectivity index (χ2v) is 6.55. The van der Waals surface area contributed by atoms with Crippen molar-refractivity contribution in [3.8, 4) is 5.69 Å². The summed E-state index contributed by atoms with van der Waals surface area (Å²) in [5.41, 5.74) is 3.97. The van der Waals surface area contributed by atoms with E-state index in [9.17, 15) is 4.79 Å². The number of amides is 1. The predicted molar refractivity (Wildman–Crippen MR) is 99.0 cm³/mol. The monoisotopic (exact) mass is 397 g/mol. The molecule has 1 amide bonds. The van der Waals surface area contributed by atoms with Gasteiger partial charge in [-0.15, -0.1) is 12.4 Å². The first-order valence-electron chi connectivity index (χ1n) is 7.53. The van der Waals surface area contributed by atoms with E-state index in [1.807, 2.05) is 36.9 Å². The minimum Gasteiger partial charge on any atom is -0.336 e. The van der Waals surface area contributed by atoms with Crippen LogP contribution in [0.1, 0.15) is 21.7 Å². The number of hydrogen-bond donors (Lipinski definition) is 1. The summed E-state index contributed by atoms with van der Waals surface area (Å²) in [6.07, 6.45) is 0. The van der Waals surface area contributed by atoms with E-state index in [0.717, 1.165) is 53.3 Å². The summed E-state index contributed by atoms with van der Waals surface area (Å²) in [5.74, 6) is 0.137. The topological polar surface area (TPSA) is 37.3 Å². The van der Waals surface area contributed by atoms with Gasteiger partial charge >= 0.3 is 0 Å². The summed E-state index contributed by atoms with van der Waals surface area (Å²) < 4.78 is 3.19. The Morgan fingerprint density at radius 3 is 2.35 bits per heavy atom. The molecule has 0 bridgehead atoms. The molecule has 1 N–H and O–H groups in total. The molecular weight excluding hydrogens is 378 g/mol. The highest BCUT2D eigenvalue weighted by Gasteiger charge is 2.22. The average molecular weight is 399 g/mol. The Balaban J connectivity index is 0.00000192. The summed E-state index contributed by atoms with van der Waals surface area (Å²) in [6.45, 7) is 7.37. The maximum absolute atomic E-state index is 12.7. The number of nitrogens with zero attached hydrogens (tertiary/aromatic N) is 2. The number of carbonyl (C=O) groups is 1. The van der Waals surface area contributed by atoms with E-state index in [1.54, 1.807) is 0 Å². The van der Waals surface area contributed by atoms with Gasteiger partial charge in [-0.3, -0.25) is 4.79 Å². The van der Waals surface area contributed by atoms with Crippen LogP contribution in [0, 0.1) is 13.8 Å². The lowest BCUT2D eigenvalue weighted by Crippen LogP contribution is -2.46. The van der Waals surface area contributed by atoms with Gasteiger partial charge in [0.15, 0.2) is 0 Å². The fourth-order valence-electron chi connectivity index (χ4n) is 3.01. The zero-order valence-corrected chi connectivity index (χ0v) is 15.7. The van der Waals surface area contributed by atoms with Crippen molar-refractivity contribution in [2.24, 2.45) is 0 Å². The van der Waals surface area contributed by atoms with E-state index in [-0.39, 0.29) is 18.3 Å². The molecule has 1 fully saturated rings. The average Bonchev–Trinajstić information content (AvgIpc) is 2.83. The molecule has 0 atom stereocenters. The van der Waals surface area contributed by atoms with Crippen LogP contribution in [0.5, 0.6) is 0 Å². The number of benzene rings is 1. The van der Waals surface area contributed by atoms with Crippen molar-refractivity contribution in [2.75, 3.05) is 26.2 Å². The molecule has 2 heterocycles. The molecule has 1 aromatic heterocycles. The summed E-state index contributed by atoms with van der Waals surface area (Å²) in [7, 11) is 0. The van der Waals surface area contributed by atoms with Crippen LogP contribution in [0.4, 0.5) is 0 Å². The quantitative estimate of drug-likeness (QED) is 0.842. The third kappa shape index (κ3) is 3.62. The first kappa shape index (κ1) is 18.0. The molecule has 23 heavy (non-hydrogen) atoms. The lowest BCUT2D eigenvalue weighted by Gasteiger charge is -2.27. The Labute approximate surface area is 151 Å². The van der Waals surface area contributed by atoms with E-state index in [4.69, 9.17) is 0 Å². The van der Waals surface area contributed by atoms with Crippen LogP contribution in [-0.2, 0) is 0 Å². The summed E-state index contributed by atoms with van der Waals surface area (Å²) >= 11 is 3.46. The van der Waals surface area contributed by atoms with Gasteiger partial charge in [-0.05, 0) is 44.2 Å². The molecular formula is C17H21BrClN3O. The predicted octanol–water partition coefficient (Wildman–Crippen LogP) is 3.32. The van der Waals surface area contributed by atoms with Gasteiger partial charge in [0.25, 0.3) is 5.91 Å². The zero-order chi connectivity index (χ0) is 15.7. The van der Waals surface area contributed by atoms with Crippen LogP contribution < -0.4 is 5.32 Å². The molecule has 4 nitrogen and oxygen atoms in total. The van der Waals surface area contributed by atoms with Crippen molar-refractivity contribution >= 4 is 34.2 Å². The number of aromatic nitrogens is 1. The third-order valence-corrected chi connectivity index (χ3v) is 4.68. The third-order valence-electron chi connectivity index (χ3n) is 4.15. The maximum Gasteiger partial charge on any atom is 0.255 e. The molecule has 0 spiro atoms. The Kier molecular flexibility index (Phi) is 5.89. The van der Waals surface area contributed by atoms with Gasteiger partial charge in [-0.2, -0.15) is 0 Å². The molecule has 0 saturated carbocycles. The highest BCUT2D eigenvalue weighted by atomic mass is 79.9. The minimum absolute atomic E-state index is 0. The van der Waals surface area contributed by atoms with Gasteiger partial charge < -0.3 is 14.8 Å². The van der Waals surface area contributed by atoms with Gasteiger partial charge in [0, 0.05) is 47.7 Å². The Bertz CT molecular complexity index is 691. The van der Waals surface area contributed by atoms with E-state index >= 15 is 0 Å². The van der Waals surface area contributed by atoms with Crippen molar-refractivity contribution in [2.45, 2.75) is 13.8 Å². The Morgan fingerprint density at radius 2 is 1.74 bits per heavy atom.